The van der Waals surface area contributed by atoms with Crippen molar-refractivity contribution in [1.82, 2.24) is 0 Å². The zero-order valence-electron chi connectivity index (χ0n) is 28.7. The van der Waals surface area contributed by atoms with Gasteiger partial charge in [0.1, 0.15) is 22.3 Å². The molecule has 0 unspecified atom stereocenters. The summed E-state index contributed by atoms with van der Waals surface area (Å²) >= 11 is 0. The van der Waals surface area contributed by atoms with Gasteiger partial charge in [-0.05, 0) is 81.4 Å². The highest BCUT2D eigenvalue weighted by molar-refractivity contribution is 6.27. The van der Waals surface area contributed by atoms with Crippen molar-refractivity contribution in [1.29, 1.82) is 0 Å². The summed E-state index contributed by atoms with van der Waals surface area (Å²) in [6.45, 7) is 4.55. The molecule has 0 bridgehead atoms. The fourth-order valence-corrected chi connectivity index (χ4v) is 7.62. The van der Waals surface area contributed by atoms with E-state index in [4.69, 9.17) is 23.8 Å². The molecule has 250 valence electrons. The van der Waals surface area contributed by atoms with Crippen LogP contribution in [0.1, 0.15) is 16.7 Å². The highest BCUT2D eigenvalue weighted by Crippen LogP contribution is 2.40. The summed E-state index contributed by atoms with van der Waals surface area (Å²) < 4.78 is 12.7. The number of nitrogens with zero attached hydrogens (tertiary/aromatic N) is 3. The molecule has 2 aromatic heterocycles. The van der Waals surface area contributed by atoms with E-state index in [0.29, 0.717) is 18.2 Å². The van der Waals surface area contributed by atoms with Crippen LogP contribution in [0, 0.1) is 0 Å². The second kappa shape index (κ2) is 12.6. The third kappa shape index (κ3) is 5.21. The maximum absolute atomic E-state index is 6.44. The van der Waals surface area contributed by atoms with Crippen molar-refractivity contribution < 1.29 is 8.83 Å². The molecule has 0 saturated carbocycles. The van der Waals surface area contributed by atoms with Crippen LogP contribution >= 0.6 is 0 Å². The third-order valence-electron chi connectivity index (χ3n) is 10.1. The molecule has 10 aromatic rings. The van der Waals surface area contributed by atoms with Crippen LogP contribution in [0.15, 0.2) is 188 Å². The molecule has 0 amide bonds. The highest BCUT2D eigenvalue weighted by atomic mass is 16.3. The van der Waals surface area contributed by atoms with Crippen LogP contribution in [-0.4, -0.2) is 18.4 Å². The lowest BCUT2D eigenvalue weighted by Crippen LogP contribution is -2.08. The molecular formula is C48H31N3O2. The first-order valence-electron chi connectivity index (χ1n) is 17.6. The van der Waals surface area contributed by atoms with Gasteiger partial charge in [0, 0.05) is 32.7 Å². The van der Waals surface area contributed by atoms with Crippen LogP contribution in [0.2, 0.25) is 0 Å². The minimum atomic E-state index is 0.430. The number of rotatable bonds is 5. The zero-order chi connectivity index (χ0) is 35.3. The average Bonchev–Trinajstić information content (AvgIpc) is 3.80. The van der Waals surface area contributed by atoms with E-state index in [1.807, 2.05) is 72.8 Å². The number of hydrogen-bond donors (Lipinski definition) is 0. The van der Waals surface area contributed by atoms with Crippen molar-refractivity contribution >= 4 is 83.8 Å². The molecule has 5 heteroatoms. The lowest BCUT2D eigenvalue weighted by atomic mass is 9.92. The Morgan fingerprint density at radius 1 is 0.491 bits per heavy atom. The van der Waals surface area contributed by atoms with E-state index in [0.717, 1.165) is 71.7 Å². The molecule has 0 N–H and O–H groups in total. The summed E-state index contributed by atoms with van der Waals surface area (Å²) in [5.74, 6) is 0.987. The van der Waals surface area contributed by atoms with Gasteiger partial charge < -0.3 is 8.83 Å². The van der Waals surface area contributed by atoms with Gasteiger partial charge in [0.15, 0.2) is 11.7 Å². The first-order chi connectivity index (χ1) is 26.2. The van der Waals surface area contributed by atoms with E-state index in [1.165, 1.54) is 21.5 Å². The molecule has 0 saturated heterocycles. The summed E-state index contributed by atoms with van der Waals surface area (Å²) in [5.41, 5.74) is 7.89. The van der Waals surface area contributed by atoms with Gasteiger partial charge in [-0.25, -0.2) is 9.98 Å². The predicted octanol–water partition coefficient (Wildman–Crippen LogP) is 12.6. The number of aliphatic imine (C=N–C) groups is 3. The van der Waals surface area contributed by atoms with Crippen LogP contribution in [0.4, 0.5) is 0 Å². The first kappa shape index (κ1) is 30.7. The number of amidine groups is 2. The molecule has 0 aliphatic carbocycles. The SMILES string of the molecule is C=NC(=NC(=NCc1ccccc1)c1cccc2oc3ccccc3c12)c1c(-c2ccc3ccc4ccccc4c3c2)ccc2oc3ccccc3c12. The summed E-state index contributed by atoms with van der Waals surface area (Å²) in [6, 6.07) is 56.1. The summed E-state index contributed by atoms with van der Waals surface area (Å²) in [6.07, 6.45) is 0. The Morgan fingerprint density at radius 3 is 1.89 bits per heavy atom. The summed E-state index contributed by atoms with van der Waals surface area (Å²) in [7, 11) is 0. The zero-order valence-corrected chi connectivity index (χ0v) is 28.7. The third-order valence-corrected chi connectivity index (χ3v) is 10.1. The maximum Gasteiger partial charge on any atom is 0.162 e. The van der Waals surface area contributed by atoms with Crippen LogP contribution < -0.4 is 0 Å². The molecule has 8 aromatic carbocycles. The Morgan fingerprint density at radius 2 is 1.11 bits per heavy atom. The van der Waals surface area contributed by atoms with E-state index < -0.39 is 0 Å². The molecule has 0 aliphatic rings. The van der Waals surface area contributed by atoms with Crippen LogP contribution in [0.3, 0.4) is 0 Å². The standard InChI is InChI=1S/C48H31N3O2/c1-49-48(51-47(50-29-30-12-3-2-4-13-30)38-18-11-21-42-44(38)36-16-7-9-19-40(36)52-42)46-35(26-27-43-45(46)37-17-8-10-20-41(37)53-43)33-25-24-32-23-22-31-14-5-6-15-34(31)39(32)28-33/h2-28H,1,29H2. The Kier molecular flexibility index (Phi) is 7.29. The number of furan rings is 2. The van der Waals surface area contributed by atoms with E-state index in [2.05, 4.69) is 97.7 Å². The monoisotopic (exact) mass is 681 g/mol. The fourth-order valence-electron chi connectivity index (χ4n) is 7.62. The molecule has 0 atom stereocenters. The van der Waals surface area contributed by atoms with E-state index in [9.17, 15) is 0 Å². The lowest BCUT2D eigenvalue weighted by Gasteiger charge is -2.14. The predicted molar refractivity (Wildman–Crippen MR) is 221 cm³/mol. The van der Waals surface area contributed by atoms with Gasteiger partial charge in [-0.3, -0.25) is 4.99 Å². The van der Waals surface area contributed by atoms with Gasteiger partial charge >= 0.3 is 0 Å². The van der Waals surface area contributed by atoms with Gasteiger partial charge in [-0.2, -0.15) is 0 Å². The van der Waals surface area contributed by atoms with Crippen molar-refractivity contribution in [2.24, 2.45) is 15.0 Å². The Labute approximate surface area is 304 Å². The fraction of sp³-hybridized carbons (Fsp3) is 0.0208. The topological polar surface area (TPSA) is 63.4 Å². The lowest BCUT2D eigenvalue weighted by molar-refractivity contribution is 0.668. The molecule has 0 aliphatic heterocycles. The largest absolute Gasteiger partial charge is 0.456 e. The molecule has 2 heterocycles. The van der Waals surface area contributed by atoms with Crippen molar-refractivity contribution in [3.05, 3.63) is 180 Å². The number of hydrogen-bond acceptors (Lipinski definition) is 3. The molecule has 10 rings (SSSR count). The Balaban J connectivity index is 1.26. The van der Waals surface area contributed by atoms with E-state index in [-0.39, 0.29) is 0 Å². The van der Waals surface area contributed by atoms with Gasteiger partial charge in [0.05, 0.1) is 6.54 Å². The number of para-hydroxylation sites is 2. The van der Waals surface area contributed by atoms with Crippen molar-refractivity contribution in [2.45, 2.75) is 6.54 Å². The van der Waals surface area contributed by atoms with Gasteiger partial charge in [0.25, 0.3) is 0 Å². The second-order valence-electron chi connectivity index (χ2n) is 13.2. The van der Waals surface area contributed by atoms with E-state index >= 15 is 0 Å². The van der Waals surface area contributed by atoms with Crippen LogP contribution in [-0.2, 0) is 6.54 Å². The smallest absolute Gasteiger partial charge is 0.162 e. The highest BCUT2D eigenvalue weighted by Gasteiger charge is 2.22. The molecule has 53 heavy (non-hydrogen) atoms. The molecule has 0 radical (unpaired) electrons. The molecule has 0 fully saturated rings. The Bertz CT molecular complexity index is 3110. The maximum atomic E-state index is 6.44. The van der Waals surface area contributed by atoms with Crippen molar-refractivity contribution in [3.63, 3.8) is 0 Å². The number of benzene rings is 8. The minimum absolute atomic E-state index is 0.430. The van der Waals surface area contributed by atoms with Crippen molar-refractivity contribution in [2.75, 3.05) is 0 Å². The summed E-state index contributed by atoms with van der Waals surface area (Å²) in [5, 5.41) is 8.62. The first-order valence-corrected chi connectivity index (χ1v) is 17.6. The quantitative estimate of drug-likeness (QED) is 0.103. The van der Waals surface area contributed by atoms with Gasteiger partial charge in [-0.15, -0.1) is 0 Å². The number of fused-ring (bicyclic) bond motifs is 9. The minimum Gasteiger partial charge on any atom is -0.456 e. The van der Waals surface area contributed by atoms with Gasteiger partial charge in [-0.1, -0.05) is 127 Å². The molecule has 5 nitrogen and oxygen atoms in total. The summed E-state index contributed by atoms with van der Waals surface area (Å²) in [4.78, 5) is 15.3. The van der Waals surface area contributed by atoms with Gasteiger partial charge in [0.2, 0.25) is 0 Å². The molecular weight excluding hydrogens is 651 g/mol. The average molecular weight is 682 g/mol. The molecule has 0 spiro atoms. The van der Waals surface area contributed by atoms with Crippen LogP contribution in [0.5, 0.6) is 0 Å². The Hall–Kier alpha value is -7.11. The normalized spacial score (nSPS) is 12.5. The van der Waals surface area contributed by atoms with E-state index in [1.54, 1.807) is 0 Å². The van der Waals surface area contributed by atoms with Crippen LogP contribution in [0.25, 0.3) is 76.5 Å². The van der Waals surface area contributed by atoms with Crippen molar-refractivity contribution in [3.8, 4) is 11.1 Å². The second-order valence-corrected chi connectivity index (χ2v) is 13.2.